The smallest absolute Gasteiger partial charge is 0.224 e. The number of pyridine rings is 1. The summed E-state index contributed by atoms with van der Waals surface area (Å²) in [7, 11) is 1.84. The number of rotatable bonds is 7. The number of nitrogens with one attached hydrogen (secondary N) is 1. The zero-order valence-corrected chi connectivity index (χ0v) is 16.4. The standard InChI is InChI=1S/C22H20FN7/c1-30(19-9-13-25-21(28-19)17-6-2-3-7-18(17)23)20-10-14-27-22(29-20)26-12-8-16-5-4-11-24-15-16/h2-7,9-11,13-15H,8,12H2,1H3,(H,26,27,29). The van der Waals surface area contributed by atoms with Crippen molar-refractivity contribution in [1.82, 2.24) is 24.9 Å². The van der Waals surface area contributed by atoms with Crippen LogP contribution in [-0.4, -0.2) is 38.5 Å². The molecule has 3 heterocycles. The van der Waals surface area contributed by atoms with Gasteiger partial charge in [0.05, 0.1) is 5.56 Å². The Morgan fingerprint density at radius 2 is 1.70 bits per heavy atom. The molecule has 4 rings (SSSR count). The van der Waals surface area contributed by atoms with E-state index in [1.54, 1.807) is 53.8 Å². The van der Waals surface area contributed by atoms with E-state index in [0.717, 1.165) is 12.0 Å². The van der Waals surface area contributed by atoms with Gasteiger partial charge in [-0.25, -0.2) is 19.3 Å². The second kappa shape index (κ2) is 9.04. The molecule has 1 N–H and O–H groups in total. The van der Waals surface area contributed by atoms with Gasteiger partial charge in [0.25, 0.3) is 0 Å². The molecule has 0 aliphatic carbocycles. The van der Waals surface area contributed by atoms with E-state index in [9.17, 15) is 4.39 Å². The number of anilines is 3. The molecule has 0 bridgehead atoms. The van der Waals surface area contributed by atoms with Gasteiger partial charge in [-0.05, 0) is 42.3 Å². The summed E-state index contributed by atoms with van der Waals surface area (Å²) < 4.78 is 14.1. The Kier molecular flexibility index (Phi) is 5.84. The summed E-state index contributed by atoms with van der Waals surface area (Å²) in [6, 6.07) is 13.9. The van der Waals surface area contributed by atoms with E-state index in [1.807, 2.05) is 25.4 Å². The number of nitrogens with zero attached hydrogens (tertiary/aromatic N) is 6. The highest BCUT2D eigenvalue weighted by molar-refractivity contribution is 5.61. The van der Waals surface area contributed by atoms with Crippen molar-refractivity contribution in [3.63, 3.8) is 0 Å². The lowest BCUT2D eigenvalue weighted by Gasteiger charge is -2.18. The Labute approximate surface area is 173 Å². The Hall–Kier alpha value is -3.94. The van der Waals surface area contributed by atoms with E-state index in [-0.39, 0.29) is 5.82 Å². The van der Waals surface area contributed by atoms with Crippen LogP contribution in [0.25, 0.3) is 11.4 Å². The zero-order chi connectivity index (χ0) is 20.8. The monoisotopic (exact) mass is 401 g/mol. The van der Waals surface area contributed by atoms with Crippen LogP contribution in [0.5, 0.6) is 0 Å². The van der Waals surface area contributed by atoms with Gasteiger partial charge in [0, 0.05) is 38.4 Å². The summed E-state index contributed by atoms with van der Waals surface area (Å²) in [5, 5.41) is 3.23. The van der Waals surface area contributed by atoms with Crippen molar-refractivity contribution in [2.75, 3.05) is 23.8 Å². The Morgan fingerprint density at radius 3 is 2.50 bits per heavy atom. The topological polar surface area (TPSA) is 79.7 Å². The summed E-state index contributed by atoms with van der Waals surface area (Å²) in [5.41, 5.74) is 1.49. The molecule has 30 heavy (non-hydrogen) atoms. The lowest BCUT2D eigenvalue weighted by atomic mass is 10.2. The molecule has 0 unspecified atom stereocenters. The molecule has 3 aromatic heterocycles. The molecule has 0 saturated carbocycles. The van der Waals surface area contributed by atoms with E-state index >= 15 is 0 Å². The lowest BCUT2D eigenvalue weighted by Crippen LogP contribution is -2.15. The number of hydrogen-bond donors (Lipinski definition) is 1. The van der Waals surface area contributed by atoms with Gasteiger partial charge in [-0.1, -0.05) is 18.2 Å². The van der Waals surface area contributed by atoms with E-state index in [4.69, 9.17) is 0 Å². The first-order valence-electron chi connectivity index (χ1n) is 9.48. The molecule has 0 aliphatic rings. The van der Waals surface area contributed by atoms with Gasteiger partial charge in [-0.2, -0.15) is 4.98 Å². The second-order valence-corrected chi connectivity index (χ2v) is 6.55. The summed E-state index contributed by atoms with van der Waals surface area (Å²) in [5.74, 6) is 1.74. The number of halogens is 1. The van der Waals surface area contributed by atoms with Gasteiger partial charge in [-0.15, -0.1) is 0 Å². The SMILES string of the molecule is CN(c1ccnc(NCCc2cccnc2)n1)c1ccnc(-c2ccccc2F)n1. The van der Waals surface area contributed by atoms with Crippen LogP contribution in [0.4, 0.5) is 22.0 Å². The molecule has 1 aromatic carbocycles. The molecule has 0 atom stereocenters. The number of hydrogen-bond acceptors (Lipinski definition) is 7. The molecular weight excluding hydrogens is 381 g/mol. The van der Waals surface area contributed by atoms with Crippen LogP contribution < -0.4 is 10.2 Å². The average molecular weight is 401 g/mol. The maximum atomic E-state index is 14.1. The van der Waals surface area contributed by atoms with Crippen LogP contribution in [0, 0.1) is 5.82 Å². The van der Waals surface area contributed by atoms with E-state index in [0.29, 0.717) is 35.5 Å². The molecule has 0 fully saturated rings. The Morgan fingerprint density at radius 1 is 0.900 bits per heavy atom. The highest BCUT2D eigenvalue weighted by Gasteiger charge is 2.12. The quantitative estimate of drug-likeness (QED) is 0.503. The highest BCUT2D eigenvalue weighted by Crippen LogP contribution is 2.24. The highest BCUT2D eigenvalue weighted by atomic mass is 19.1. The first-order valence-corrected chi connectivity index (χ1v) is 9.48. The minimum atomic E-state index is -0.362. The summed E-state index contributed by atoms with van der Waals surface area (Å²) in [6.07, 6.45) is 7.70. The molecule has 0 saturated heterocycles. The summed E-state index contributed by atoms with van der Waals surface area (Å²) >= 11 is 0. The van der Waals surface area contributed by atoms with Crippen molar-refractivity contribution in [2.45, 2.75) is 6.42 Å². The van der Waals surface area contributed by atoms with Crippen molar-refractivity contribution in [2.24, 2.45) is 0 Å². The van der Waals surface area contributed by atoms with E-state index in [2.05, 4.69) is 30.2 Å². The summed E-state index contributed by atoms with van der Waals surface area (Å²) in [4.78, 5) is 23.5. The minimum Gasteiger partial charge on any atom is -0.354 e. The van der Waals surface area contributed by atoms with Crippen LogP contribution in [0.3, 0.4) is 0 Å². The zero-order valence-electron chi connectivity index (χ0n) is 16.4. The molecule has 0 radical (unpaired) electrons. The first-order chi connectivity index (χ1) is 14.7. The fraction of sp³-hybridized carbons (Fsp3) is 0.136. The van der Waals surface area contributed by atoms with Crippen molar-refractivity contribution < 1.29 is 4.39 Å². The predicted octanol–water partition coefficient (Wildman–Crippen LogP) is 3.89. The van der Waals surface area contributed by atoms with Crippen molar-refractivity contribution in [3.8, 4) is 11.4 Å². The van der Waals surface area contributed by atoms with Crippen molar-refractivity contribution in [3.05, 3.63) is 84.7 Å². The lowest BCUT2D eigenvalue weighted by molar-refractivity contribution is 0.630. The number of aromatic nitrogens is 5. The van der Waals surface area contributed by atoms with Gasteiger partial charge in [-0.3, -0.25) is 4.98 Å². The van der Waals surface area contributed by atoms with Crippen molar-refractivity contribution >= 4 is 17.6 Å². The molecule has 4 aromatic rings. The predicted molar refractivity (Wildman–Crippen MR) is 114 cm³/mol. The van der Waals surface area contributed by atoms with Crippen LogP contribution in [-0.2, 0) is 6.42 Å². The maximum absolute atomic E-state index is 14.1. The van der Waals surface area contributed by atoms with Gasteiger partial charge in [0.15, 0.2) is 5.82 Å². The average Bonchev–Trinajstić information content (AvgIpc) is 2.80. The first kappa shape index (κ1) is 19.4. The van der Waals surface area contributed by atoms with Gasteiger partial charge < -0.3 is 10.2 Å². The van der Waals surface area contributed by atoms with Gasteiger partial charge in [0.2, 0.25) is 5.95 Å². The van der Waals surface area contributed by atoms with Crippen LogP contribution in [0.15, 0.2) is 73.3 Å². The molecule has 7 nitrogen and oxygen atoms in total. The Balaban J connectivity index is 1.48. The van der Waals surface area contributed by atoms with Crippen molar-refractivity contribution in [1.29, 1.82) is 0 Å². The molecule has 150 valence electrons. The van der Waals surface area contributed by atoms with Crippen LogP contribution in [0.1, 0.15) is 5.56 Å². The largest absolute Gasteiger partial charge is 0.354 e. The van der Waals surface area contributed by atoms with Crippen LogP contribution >= 0.6 is 0 Å². The van der Waals surface area contributed by atoms with Crippen LogP contribution in [0.2, 0.25) is 0 Å². The number of benzene rings is 1. The molecular formula is C22H20FN7. The third-order valence-corrected chi connectivity index (χ3v) is 4.50. The summed E-state index contributed by atoms with van der Waals surface area (Å²) in [6.45, 7) is 0.684. The normalized spacial score (nSPS) is 10.6. The molecule has 0 spiro atoms. The van der Waals surface area contributed by atoms with Gasteiger partial charge in [0.1, 0.15) is 17.5 Å². The van der Waals surface area contributed by atoms with E-state index in [1.165, 1.54) is 6.07 Å². The van der Waals surface area contributed by atoms with E-state index < -0.39 is 0 Å². The fourth-order valence-electron chi connectivity index (χ4n) is 2.91. The molecule has 0 amide bonds. The molecule has 8 heteroatoms. The Bertz CT molecular complexity index is 1120. The third-order valence-electron chi connectivity index (χ3n) is 4.50. The second-order valence-electron chi connectivity index (χ2n) is 6.55. The van der Waals surface area contributed by atoms with Gasteiger partial charge >= 0.3 is 0 Å². The third kappa shape index (κ3) is 4.54. The molecule has 0 aliphatic heterocycles. The maximum Gasteiger partial charge on any atom is 0.224 e. The minimum absolute atomic E-state index is 0.321. The fourth-order valence-corrected chi connectivity index (χ4v) is 2.91.